The van der Waals surface area contributed by atoms with E-state index in [-0.39, 0.29) is 5.78 Å². The minimum atomic E-state index is -0.422. The molecule has 0 spiro atoms. The lowest BCUT2D eigenvalue weighted by Crippen LogP contribution is -2.27. The number of nitrogens with zero attached hydrogens (tertiary/aromatic N) is 4. The van der Waals surface area contributed by atoms with Gasteiger partial charge in [0.2, 0.25) is 5.95 Å². The van der Waals surface area contributed by atoms with Crippen LogP contribution in [0.15, 0.2) is 54.0 Å². The first kappa shape index (κ1) is 18.4. The molecular formula is C22H21N5O3. The third-order valence-electron chi connectivity index (χ3n) is 5.24. The first-order chi connectivity index (χ1) is 14.6. The van der Waals surface area contributed by atoms with Crippen molar-refractivity contribution in [2.75, 3.05) is 18.5 Å². The summed E-state index contributed by atoms with van der Waals surface area (Å²) in [5.41, 5.74) is 3.09. The number of hydrogen-bond acceptors (Lipinski definition) is 7. The molecule has 0 amide bonds. The Balaban J connectivity index is 1.65. The zero-order chi connectivity index (χ0) is 20.7. The van der Waals surface area contributed by atoms with Gasteiger partial charge in [-0.2, -0.15) is 4.98 Å². The number of anilines is 1. The van der Waals surface area contributed by atoms with Crippen LogP contribution < -0.4 is 14.8 Å². The number of ketones is 1. The second-order valence-electron chi connectivity index (χ2n) is 7.32. The van der Waals surface area contributed by atoms with Crippen molar-refractivity contribution in [2.24, 2.45) is 0 Å². The van der Waals surface area contributed by atoms with Crippen LogP contribution in [0.3, 0.4) is 0 Å². The molecule has 1 aromatic carbocycles. The van der Waals surface area contributed by atoms with Crippen LogP contribution in [-0.4, -0.2) is 38.7 Å². The summed E-state index contributed by atoms with van der Waals surface area (Å²) in [6, 6.07) is 9.10. The lowest BCUT2D eigenvalue weighted by Gasteiger charge is -2.28. The fourth-order valence-corrected chi connectivity index (χ4v) is 3.88. The average molecular weight is 403 g/mol. The summed E-state index contributed by atoms with van der Waals surface area (Å²) in [4.78, 5) is 21.4. The van der Waals surface area contributed by atoms with Crippen LogP contribution in [0.5, 0.6) is 11.5 Å². The maximum Gasteiger partial charge on any atom is 0.226 e. The number of ether oxygens (including phenoxy) is 2. The highest BCUT2D eigenvalue weighted by atomic mass is 16.5. The molecule has 4 heterocycles. The number of nitrogens with one attached hydrogen (secondary N) is 1. The number of carbonyl (C=O) groups is 1. The minimum absolute atomic E-state index is 0.0267. The largest absolute Gasteiger partial charge is 0.490 e. The van der Waals surface area contributed by atoms with Crippen LogP contribution in [-0.2, 0) is 4.79 Å². The molecule has 2 aromatic heterocycles. The Morgan fingerprint density at radius 3 is 2.80 bits per heavy atom. The minimum Gasteiger partial charge on any atom is -0.490 e. The molecule has 8 nitrogen and oxygen atoms in total. The number of allylic oxidation sites excluding steroid dienone is 2. The van der Waals surface area contributed by atoms with E-state index in [1.807, 2.05) is 37.3 Å². The van der Waals surface area contributed by atoms with Gasteiger partial charge in [-0.3, -0.25) is 9.78 Å². The monoisotopic (exact) mass is 403 g/mol. The molecule has 8 heteroatoms. The summed E-state index contributed by atoms with van der Waals surface area (Å²) in [6.07, 6.45) is 4.25. The molecule has 2 aliphatic heterocycles. The molecule has 5 rings (SSSR count). The molecule has 0 saturated carbocycles. The zero-order valence-electron chi connectivity index (χ0n) is 16.8. The molecule has 1 N–H and O–H groups in total. The summed E-state index contributed by atoms with van der Waals surface area (Å²) in [5, 5.41) is 7.95. The van der Waals surface area contributed by atoms with E-state index in [0.717, 1.165) is 23.2 Å². The Kier molecular flexibility index (Phi) is 4.46. The number of carbonyl (C=O) groups excluding carboxylic acids is 1. The van der Waals surface area contributed by atoms with E-state index < -0.39 is 6.04 Å². The number of pyridine rings is 1. The molecule has 0 saturated heterocycles. The van der Waals surface area contributed by atoms with Crippen LogP contribution in [0, 0.1) is 0 Å². The van der Waals surface area contributed by atoms with Gasteiger partial charge in [0.1, 0.15) is 6.04 Å². The molecular weight excluding hydrogens is 382 g/mol. The standard InChI is InChI=1S/C22H21N5O3/c1-13-19(14(2)28)20(15-6-7-17-18(11-15)30-10-4-9-29-17)27-22(24-13)25-21(26-27)16-5-3-8-23-12-16/h3,5-8,11-12,20H,4,9-10H2,1-2H3,(H,24,25,26). The van der Waals surface area contributed by atoms with Crippen molar-refractivity contribution in [3.63, 3.8) is 0 Å². The van der Waals surface area contributed by atoms with Crippen molar-refractivity contribution in [2.45, 2.75) is 26.3 Å². The maximum absolute atomic E-state index is 12.6. The van der Waals surface area contributed by atoms with E-state index in [2.05, 4.69) is 15.3 Å². The van der Waals surface area contributed by atoms with E-state index in [4.69, 9.17) is 14.6 Å². The van der Waals surface area contributed by atoms with Crippen molar-refractivity contribution in [1.29, 1.82) is 0 Å². The van der Waals surface area contributed by atoms with Crippen molar-refractivity contribution in [1.82, 2.24) is 19.7 Å². The lowest BCUT2D eigenvalue weighted by molar-refractivity contribution is -0.114. The number of rotatable bonds is 3. The summed E-state index contributed by atoms with van der Waals surface area (Å²) in [6.45, 7) is 4.67. The summed E-state index contributed by atoms with van der Waals surface area (Å²) >= 11 is 0. The quantitative estimate of drug-likeness (QED) is 0.717. The van der Waals surface area contributed by atoms with Crippen LogP contribution in [0.2, 0.25) is 0 Å². The predicted octanol–water partition coefficient (Wildman–Crippen LogP) is 3.38. The number of hydrogen-bond donors (Lipinski definition) is 1. The Morgan fingerprint density at radius 2 is 2.03 bits per heavy atom. The molecule has 1 atom stereocenters. The van der Waals surface area contributed by atoms with Gasteiger partial charge in [-0.25, -0.2) is 4.68 Å². The van der Waals surface area contributed by atoms with Gasteiger partial charge >= 0.3 is 0 Å². The molecule has 0 bridgehead atoms. The second-order valence-corrected chi connectivity index (χ2v) is 7.32. The lowest BCUT2D eigenvalue weighted by atomic mass is 9.93. The molecule has 30 heavy (non-hydrogen) atoms. The second kappa shape index (κ2) is 7.29. The van der Waals surface area contributed by atoms with Crippen molar-refractivity contribution < 1.29 is 14.3 Å². The Bertz CT molecular complexity index is 1150. The number of aromatic nitrogens is 4. The number of fused-ring (bicyclic) bond motifs is 2. The number of benzene rings is 1. The molecule has 0 aliphatic carbocycles. The molecule has 2 aliphatic rings. The van der Waals surface area contributed by atoms with Crippen molar-refractivity contribution in [3.05, 3.63) is 59.6 Å². The van der Waals surface area contributed by atoms with E-state index >= 15 is 0 Å². The Labute approximate surface area is 173 Å². The van der Waals surface area contributed by atoms with Crippen LogP contribution in [0.1, 0.15) is 31.9 Å². The van der Waals surface area contributed by atoms with E-state index in [1.165, 1.54) is 0 Å². The predicted molar refractivity (Wildman–Crippen MR) is 110 cm³/mol. The Hall–Kier alpha value is -3.68. The van der Waals surface area contributed by atoms with Crippen molar-refractivity contribution >= 4 is 11.7 Å². The summed E-state index contributed by atoms with van der Waals surface area (Å²) < 4.78 is 13.4. The fraction of sp³-hybridized carbons (Fsp3) is 0.273. The van der Waals surface area contributed by atoms with E-state index in [0.29, 0.717) is 42.1 Å². The normalized spacial score (nSPS) is 17.7. The average Bonchev–Trinajstić information content (AvgIpc) is 3.02. The third kappa shape index (κ3) is 3.10. The van der Waals surface area contributed by atoms with Gasteiger partial charge in [0.25, 0.3) is 0 Å². The molecule has 0 radical (unpaired) electrons. The third-order valence-corrected chi connectivity index (χ3v) is 5.24. The highest BCUT2D eigenvalue weighted by Crippen LogP contribution is 2.40. The van der Waals surface area contributed by atoms with Gasteiger partial charge in [0, 0.05) is 35.6 Å². The van der Waals surface area contributed by atoms with Gasteiger partial charge < -0.3 is 14.8 Å². The number of Topliss-reactive ketones (excluding diaryl/α,β-unsaturated/α-hetero) is 1. The Morgan fingerprint density at radius 1 is 1.20 bits per heavy atom. The fourth-order valence-electron chi connectivity index (χ4n) is 3.88. The highest BCUT2D eigenvalue weighted by Gasteiger charge is 2.33. The van der Waals surface area contributed by atoms with Gasteiger partial charge in [-0.15, -0.1) is 5.10 Å². The molecule has 0 fully saturated rings. The van der Waals surface area contributed by atoms with Crippen LogP contribution in [0.25, 0.3) is 11.4 Å². The molecule has 1 unspecified atom stereocenters. The summed E-state index contributed by atoms with van der Waals surface area (Å²) in [5.74, 6) is 2.49. The highest BCUT2D eigenvalue weighted by molar-refractivity contribution is 5.96. The smallest absolute Gasteiger partial charge is 0.226 e. The zero-order valence-corrected chi connectivity index (χ0v) is 16.8. The SMILES string of the molecule is CC(=O)C1=C(C)Nc2nc(-c3cccnc3)nn2C1c1ccc2c(c1)OCCCO2. The maximum atomic E-state index is 12.6. The first-order valence-electron chi connectivity index (χ1n) is 9.87. The topological polar surface area (TPSA) is 91.2 Å². The van der Waals surface area contributed by atoms with Gasteiger partial charge in [-0.05, 0) is 43.7 Å². The van der Waals surface area contributed by atoms with Gasteiger partial charge in [0.05, 0.1) is 13.2 Å². The summed E-state index contributed by atoms with van der Waals surface area (Å²) in [7, 11) is 0. The van der Waals surface area contributed by atoms with Crippen LogP contribution in [0.4, 0.5) is 5.95 Å². The van der Waals surface area contributed by atoms with Crippen LogP contribution >= 0.6 is 0 Å². The molecule has 152 valence electrons. The van der Waals surface area contributed by atoms with Gasteiger partial charge in [0.15, 0.2) is 23.1 Å². The van der Waals surface area contributed by atoms with E-state index in [9.17, 15) is 4.79 Å². The molecule has 3 aromatic rings. The van der Waals surface area contributed by atoms with E-state index in [1.54, 1.807) is 24.0 Å². The van der Waals surface area contributed by atoms with Gasteiger partial charge in [-0.1, -0.05) is 6.07 Å². The van der Waals surface area contributed by atoms with Crippen molar-refractivity contribution in [3.8, 4) is 22.9 Å². The first-order valence-corrected chi connectivity index (χ1v) is 9.87.